The van der Waals surface area contributed by atoms with Crippen molar-refractivity contribution in [1.82, 2.24) is 5.32 Å². The Kier molecular flexibility index (Phi) is 7.44. The highest BCUT2D eigenvalue weighted by Gasteiger charge is 2.29. The van der Waals surface area contributed by atoms with Gasteiger partial charge in [0.15, 0.2) is 12.2 Å². The summed E-state index contributed by atoms with van der Waals surface area (Å²) in [6.07, 6.45) is -0.353. The average Bonchev–Trinajstić information content (AvgIpc) is 2.28. The van der Waals surface area contributed by atoms with Crippen LogP contribution in [0.4, 0.5) is 0 Å². The van der Waals surface area contributed by atoms with Crippen molar-refractivity contribution in [2.75, 3.05) is 6.54 Å². The summed E-state index contributed by atoms with van der Waals surface area (Å²) in [5.74, 6) is -3.54. The fraction of sp³-hybridized carbons (Fsp3) is 0.800. The Morgan fingerprint density at radius 1 is 1.12 bits per heavy atom. The Morgan fingerprint density at radius 3 is 1.76 bits per heavy atom. The molecule has 100 valence electrons. The number of aliphatic carboxylic acids is 2. The Morgan fingerprint density at radius 2 is 1.59 bits per heavy atom. The van der Waals surface area contributed by atoms with Crippen LogP contribution in [0, 0.1) is 0 Å². The van der Waals surface area contributed by atoms with Gasteiger partial charge in [-0.05, 0) is 26.3 Å². The second kappa shape index (κ2) is 7.99. The highest BCUT2D eigenvalue weighted by atomic mass is 16.4. The van der Waals surface area contributed by atoms with Crippen molar-refractivity contribution in [3.05, 3.63) is 0 Å². The molecule has 5 N–H and O–H groups in total. The zero-order valence-electron chi connectivity index (χ0n) is 9.67. The van der Waals surface area contributed by atoms with Crippen molar-refractivity contribution in [2.24, 2.45) is 0 Å². The van der Waals surface area contributed by atoms with Crippen molar-refractivity contribution in [2.45, 2.75) is 44.4 Å². The van der Waals surface area contributed by atoms with Gasteiger partial charge in [-0.25, -0.2) is 9.59 Å². The molecule has 0 aromatic heterocycles. The molecule has 7 nitrogen and oxygen atoms in total. The lowest BCUT2D eigenvalue weighted by Crippen LogP contribution is -2.39. The van der Waals surface area contributed by atoms with Crippen molar-refractivity contribution in [3.8, 4) is 0 Å². The maximum Gasteiger partial charge on any atom is 0.335 e. The summed E-state index contributed by atoms with van der Waals surface area (Å²) >= 11 is 0. The summed E-state index contributed by atoms with van der Waals surface area (Å²) in [7, 11) is 0. The summed E-state index contributed by atoms with van der Waals surface area (Å²) in [5.41, 5.74) is 0. The first-order valence-electron chi connectivity index (χ1n) is 5.41. The number of aliphatic hydroxyl groups excluding tert-OH is 2. The topological polar surface area (TPSA) is 127 Å². The van der Waals surface area contributed by atoms with Gasteiger partial charge in [0.05, 0.1) is 0 Å². The number of aliphatic hydroxyl groups is 2. The van der Waals surface area contributed by atoms with Gasteiger partial charge >= 0.3 is 11.9 Å². The van der Waals surface area contributed by atoms with Crippen LogP contribution in [0.25, 0.3) is 0 Å². The van der Waals surface area contributed by atoms with E-state index in [9.17, 15) is 9.59 Å². The molecule has 17 heavy (non-hydrogen) atoms. The van der Waals surface area contributed by atoms with E-state index in [0.717, 1.165) is 6.04 Å². The van der Waals surface area contributed by atoms with E-state index in [-0.39, 0.29) is 0 Å². The van der Waals surface area contributed by atoms with Gasteiger partial charge in [0.1, 0.15) is 0 Å². The molecule has 0 bridgehead atoms. The van der Waals surface area contributed by atoms with Crippen LogP contribution in [0.2, 0.25) is 0 Å². The van der Waals surface area contributed by atoms with Crippen molar-refractivity contribution < 1.29 is 30.0 Å². The number of piperidine rings is 1. The molecule has 0 unspecified atom stereocenters. The molecule has 0 amide bonds. The van der Waals surface area contributed by atoms with E-state index in [4.69, 9.17) is 20.4 Å². The van der Waals surface area contributed by atoms with Gasteiger partial charge in [0, 0.05) is 6.04 Å². The molecule has 3 atom stereocenters. The standard InChI is InChI=1S/C6H13N.C4H6O6/c1-6-4-2-3-5-7-6;5-1(3(7)8)2(6)4(9)10/h6-7H,2-5H2,1H3;1-2,5-6H,(H,7,8)(H,9,10)/t6-;1-,2-/m10/s1. The van der Waals surface area contributed by atoms with E-state index in [1.54, 1.807) is 0 Å². The number of hydrogen-bond acceptors (Lipinski definition) is 5. The number of rotatable bonds is 3. The largest absolute Gasteiger partial charge is 0.479 e. The van der Waals surface area contributed by atoms with E-state index in [0.29, 0.717) is 0 Å². The van der Waals surface area contributed by atoms with Crippen LogP contribution in [0.1, 0.15) is 26.2 Å². The highest BCUT2D eigenvalue weighted by molar-refractivity contribution is 5.83. The van der Waals surface area contributed by atoms with Gasteiger partial charge in [0.2, 0.25) is 0 Å². The smallest absolute Gasteiger partial charge is 0.335 e. The molecule has 0 aliphatic carbocycles. The maximum atomic E-state index is 9.77. The second-order valence-corrected chi connectivity index (χ2v) is 3.92. The third-order valence-corrected chi connectivity index (χ3v) is 2.36. The molecule has 1 aliphatic heterocycles. The summed E-state index contributed by atoms with van der Waals surface area (Å²) in [4.78, 5) is 19.5. The molecule has 1 fully saturated rings. The normalized spacial score (nSPS) is 22.9. The minimum atomic E-state index is -2.27. The summed E-state index contributed by atoms with van der Waals surface area (Å²) in [5, 5.41) is 35.9. The fourth-order valence-electron chi connectivity index (χ4n) is 1.30. The van der Waals surface area contributed by atoms with Gasteiger partial charge in [-0.1, -0.05) is 6.42 Å². The van der Waals surface area contributed by atoms with Gasteiger partial charge in [-0.15, -0.1) is 0 Å². The van der Waals surface area contributed by atoms with Crippen LogP contribution in [0.15, 0.2) is 0 Å². The molecule has 1 aliphatic rings. The second-order valence-electron chi connectivity index (χ2n) is 3.92. The van der Waals surface area contributed by atoms with Gasteiger partial charge in [-0.2, -0.15) is 0 Å². The molecular weight excluding hydrogens is 230 g/mol. The monoisotopic (exact) mass is 249 g/mol. The van der Waals surface area contributed by atoms with Crippen LogP contribution >= 0.6 is 0 Å². The molecule has 0 radical (unpaired) electrons. The molecule has 0 saturated carbocycles. The number of carboxylic acid groups (broad SMARTS) is 2. The molecular formula is C10H19NO6. The number of hydrogen-bond donors (Lipinski definition) is 5. The molecule has 1 saturated heterocycles. The van der Waals surface area contributed by atoms with Gasteiger partial charge in [0.25, 0.3) is 0 Å². The highest BCUT2D eigenvalue weighted by Crippen LogP contribution is 2.04. The summed E-state index contributed by atoms with van der Waals surface area (Å²) in [6, 6.07) is 0.786. The molecule has 1 rings (SSSR count). The molecule has 7 heteroatoms. The maximum absolute atomic E-state index is 9.77. The predicted molar refractivity (Wildman–Crippen MR) is 58.6 cm³/mol. The van der Waals surface area contributed by atoms with Crippen LogP contribution in [-0.4, -0.2) is 57.2 Å². The van der Waals surface area contributed by atoms with Crippen molar-refractivity contribution in [3.63, 3.8) is 0 Å². The van der Waals surface area contributed by atoms with Crippen LogP contribution < -0.4 is 5.32 Å². The molecule has 1 heterocycles. The molecule has 0 spiro atoms. The minimum absolute atomic E-state index is 0.786. The van der Waals surface area contributed by atoms with Crippen molar-refractivity contribution >= 4 is 11.9 Å². The van der Waals surface area contributed by atoms with Crippen molar-refractivity contribution in [1.29, 1.82) is 0 Å². The van der Waals surface area contributed by atoms with E-state index in [1.165, 1.54) is 25.8 Å². The van der Waals surface area contributed by atoms with E-state index >= 15 is 0 Å². The minimum Gasteiger partial charge on any atom is -0.479 e. The van der Waals surface area contributed by atoms with Gasteiger partial charge < -0.3 is 25.7 Å². The van der Waals surface area contributed by atoms with E-state index < -0.39 is 24.1 Å². The predicted octanol–water partition coefficient (Wildman–Crippen LogP) is -0.974. The number of carboxylic acids is 2. The zero-order valence-corrected chi connectivity index (χ0v) is 9.67. The van der Waals surface area contributed by atoms with Crippen LogP contribution in [-0.2, 0) is 9.59 Å². The Balaban J connectivity index is 0.000000318. The first-order valence-corrected chi connectivity index (χ1v) is 5.41. The quantitative estimate of drug-likeness (QED) is 0.435. The lowest BCUT2D eigenvalue weighted by Gasteiger charge is -2.18. The van der Waals surface area contributed by atoms with Crippen LogP contribution in [0.3, 0.4) is 0 Å². The molecule has 0 aromatic rings. The SMILES string of the molecule is C[C@@H]1CCCCN1.O=C(O)[C@@H](O)[C@H](O)C(=O)O. The first kappa shape index (κ1) is 15.8. The average molecular weight is 249 g/mol. The molecule has 0 aromatic carbocycles. The third kappa shape index (κ3) is 6.88. The lowest BCUT2D eigenvalue weighted by molar-refractivity contribution is -0.165. The van der Waals surface area contributed by atoms with E-state index in [2.05, 4.69) is 12.2 Å². The lowest BCUT2D eigenvalue weighted by atomic mass is 10.1. The Bertz CT molecular complexity index is 233. The summed E-state index contributed by atoms with van der Waals surface area (Å²) in [6.45, 7) is 3.49. The first-order chi connectivity index (χ1) is 7.86. The number of nitrogens with one attached hydrogen (secondary N) is 1. The fourth-order valence-corrected chi connectivity index (χ4v) is 1.30. The van der Waals surface area contributed by atoms with E-state index in [1.807, 2.05) is 0 Å². The third-order valence-electron chi connectivity index (χ3n) is 2.36. The van der Waals surface area contributed by atoms with Crippen LogP contribution in [0.5, 0.6) is 0 Å². The zero-order chi connectivity index (χ0) is 13.4. The van der Waals surface area contributed by atoms with Gasteiger partial charge in [-0.3, -0.25) is 0 Å². The Labute approximate surface area is 99.1 Å². The summed E-state index contributed by atoms with van der Waals surface area (Å²) < 4.78 is 0. The number of carbonyl (C=O) groups is 2. The Hall–Kier alpha value is -1.18.